The minimum Gasteiger partial charge on any atom is -0.352 e. The molecule has 156 valence electrons. The number of sulfonamides is 1. The van der Waals surface area contributed by atoms with E-state index in [-0.39, 0.29) is 22.9 Å². The van der Waals surface area contributed by atoms with Gasteiger partial charge in [0.1, 0.15) is 0 Å². The first-order valence-corrected chi connectivity index (χ1v) is 11.2. The summed E-state index contributed by atoms with van der Waals surface area (Å²) in [4.78, 5) is 30.9. The van der Waals surface area contributed by atoms with Gasteiger partial charge in [-0.3, -0.25) is 14.6 Å². The third-order valence-electron chi connectivity index (χ3n) is 5.28. The second kappa shape index (κ2) is 8.37. The van der Waals surface area contributed by atoms with Crippen LogP contribution in [0.25, 0.3) is 10.9 Å². The number of fused-ring (bicyclic) bond motifs is 1. The van der Waals surface area contributed by atoms with Crippen molar-refractivity contribution in [2.24, 2.45) is 5.92 Å². The summed E-state index contributed by atoms with van der Waals surface area (Å²) in [5.41, 5.74) is 1.22. The first kappa shape index (κ1) is 20.2. The van der Waals surface area contributed by atoms with Gasteiger partial charge in [0.15, 0.2) is 0 Å². The molecule has 1 amide bonds. The second-order valence-corrected chi connectivity index (χ2v) is 9.29. The van der Waals surface area contributed by atoms with Crippen LogP contribution in [0, 0.1) is 5.92 Å². The highest BCUT2D eigenvalue weighted by Crippen LogP contribution is 2.25. The van der Waals surface area contributed by atoms with Gasteiger partial charge in [0.25, 0.3) is 0 Å². The van der Waals surface area contributed by atoms with Crippen LogP contribution in [0.4, 0.5) is 0 Å². The highest BCUT2D eigenvalue weighted by molar-refractivity contribution is 7.89. The van der Waals surface area contributed by atoms with Crippen molar-refractivity contribution in [3.8, 4) is 0 Å². The summed E-state index contributed by atoms with van der Waals surface area (Å²) in [5.74, 6) is -0.558. The average Bonchev–Trinajstić information content (AvgIpc) is 2.77. The highest BCUT2D eigenvalue weighted by Gasteiger charge is 2.33. The van der Waals surface area contributed by atoms with Crippen LogP contribution in [0.1, 0.15) is 18.4 Å². The number of carbonyl (C=O) groups excluding carboxylic acids is 1. The Labute approximate surface area is 174 Å². The highest BCUT2D eigenvalue weighted by atomic mass is 32.2. The molecule has 1 aliphatic rings. The number of pyridine rings is 2. The van der Waals surface area contributed by atoms with Crippen molar-refractivity contribution in [1.29, 1.82) is 0 Å². The molecule has 1 saturated heterocycles. The van der Waals surface area contributed by atoms with E-state index < -0.39 is 15.9 Å². The van der Waals surface area contributed by atoms with Crippen LogP contribution in [-0.2, 0) is 21.4 Å². The van der Waals surface area contributed by atoms with Crippen molar-refractivity contribution in [2.75, 3.05) is 13.1 Å². The smallest absolute Gasteiger partial charge is 0.248 e. The van der Waals surface area contributed by atoms with Gasteiger partial charge in [-0.1, -0.05) is 6.07 Å². The number of hydrogen-bond acceptors (Lipinski definition) is 5. The standard InChI is InChI=1S/C21H22N4O4S/c26-20-8-5-16-11-18(6-7-19(16)24-20)30(28,29)25-10-2-4-17(14-25)21(27)23-13-15-3-1-9-22-12-15/h1,3,5-9,11-12,17H,2,4,10,13-14H2,(H,23,27)(H,24,26). The summed E-state index contributed by atoms with van der Waals surface area (Å²) in [7, 11) is -3.75. The molecule has 2 aromatic heterocycles. The van der Waals surface area contributed by atoms with E-state index >= 15 is 0 Å². The summed E-state index contributed by atoms with van der Waals surface area (Å²) in [6, 6.07) is 11.3. The maximum atomic E-state index is 13.2. The number of nitrogens with one attached hydrogen (secondary N) is 2. The first-order valence-electron chi connectivity index (χ1n) is 9.73. The van der Waals surface area contributed by atoms with Crippen LogP contribution in [0.15, 0.2) is 64.5 Å². The fraction of sp³-hybridized carbons (Fsp3) is 0.286. The Morgan fingerprint density at radius 3 is 2.90 bits per heavy atom. The lowest BCUT2D eigenvalue weighted by molar-refractivity contribution is -0.126. The molecular weight excluding hydrogens is 404 g/mol. The zero-order valence-electron chi connectivity index (χ0n) is 16.2. The summed E-state index contributed by atoms with van der Waals surface area (Å²) in [6.07, 6.45) is 4.61. The van der Waals surface area contributed by atoms with Gasteiger partial charge >= 0.3 is 0 Å². The minimum absolute atomic E-state index is 0.144. The van der Waals surface area contributed by atoms with Crippen molar-refractivity contribution < 1.29 is 13.2 Å². The molecule has 0 saturated carbocycles. The van der Waals surface area contributed by atoms with Crippen molar-refractivity contribution in [2.45, 2.75) is 24.3 Å². The molecule has 1 aliphatic heterocycles. The Hall–Kier alpha value is -3.04. The average molecular weight is 426 g/mol. The summed E-state index contributed by atoms with van der Waals surface area (Å²) >= 11 is 0. The van der Waals surface area contributed by atoms with Gasteiger partial charge in [0, 0.05) is 43.6 Å². The van der Waals surface area contributed by atoms with Crippen LogP contribution in [0.5, 0.6) is 0 Å². The molecule has 3 aromatic rings. The predicted molar refractivity (Wildman–Crippen MR) is 112 cm³/mol. The minimum atomic E-state index is -3.75. The van der Waals surface area contributed by atoms with Crippen LogP contribution in [0.2, 0.25) is 0 Å². The molecule has 30 heavy (non-hydrogen) atoms. The molecule has 1 atom stereocenters. The van der Waals surface area contributed by atoms with E-state index in [1.807, 2.05) is 6.07 Å². The fourth-order valence-corrected chi connectivity index (χ4v) is 5.21. The Bertz CT molecular complexity index is 1220. The Morgan fingerprint density at radius 1 is 1.23 bits per heavy atom. The number of piperidine rings is 1. The van der Waals surface area contributed by atoms with Crippen LogP contribution >= 0.6 is 0 Å². The molecule has 8 nitrogen and oxygen atoms in total. The summed E-state index contributed by atoms with van der Waals surface area (Å²) < 4.78 is 27.7. The molecule has 3 heterocycles. The summed E-state index contributed by atoms with van der Waals surface area (Å²) in [5, 5.41) is 3.51. The van der Waals surface area contributed by atoms with Gasteiger partial charge < -0.3 is 10.3 Å². The number of hydrogen-bond donors (Lipinski definition) is 2. The van der Waals surface area contributed by atoms with E-state index in [0.29, 0.717) is 36.8 Å². The lowest BCUT2D eigenvalue weighted by Crippen LogP contribution is -2.45. The largest absolute Gasteiger partial charge is 0.352 e. The maximum absolute atomic E-state index is 13.2. The molecule has 1 unspecified atom stereocenters. The number of aromatic nitrogens is 2. The molecule has 4 rings (SSSR count). The van der Waals surface area contributed by atoms with Crippen LogP contribution in [0.3, 0.4) is 0 Å². The lowest BCUT2D eigenvalue weighted by atomic mass is 9.99. The van der Waals surface area contributed by atoms with Gasteiger partial charge in [0.2, 0.25) is 21.5 Å². The van der Waals surface area contributed by atoms with Crippen molar-refractivity contribution in [1.82, 2.24) is 19.6 Å². The molecule has 0 bridgehead atoms. The predicted octanol–water partition coefficient (Wildman–Crippen LogP) is 1.64. The third-order valence-corrected chi connectivity index (χ3v) is 7.14. The molecule has 1 aromatic carbocycles. The topological polar surface area (TPSA) is 112 Å². The first-order chi connectivity index (χ1) is 14.4. The molecular formula is C21H22N4O4S. The maximum Gasteiger partial charge on any atom is 0.248 e. The van der Waals surface area contributed by atoms with Crippen molar-refractivity contribution in [3.05, 3.63) is 70.8 Å². The van der Waals surface area contributed by atoms with E-state index in [9.17, 15) is 18.0 Å². The number of aromatic amines is 1. The van der Waals surface area contributed by atoms with Gasteiger partial charge in [-0.2, -0.15) is 4.31 Å². The van der Waals surface area contributed by atoms with E-state index in [1.54, 1.807) is 36.7 Å². The van der Waals surface area contributed by atoms with Crippen molar-refractivity contribution in [3.63, 3.8) is 0 Å². The van der Waals surface area contributed by atoms with Gasteiger partial charge in [-0.05, 0) is 54.1 Å². The number of carbonyl (C=O) groups is 1. The number of amides is 1. The number of rotatable bonds is 5. The third kappa shape index (κ3) is 4.27. The van der Waals surface area contributed by atoms with E-state index in [2.05, 4.69) is 15.3 Å². The van der Waals surface area contributed by atoms with E-state index in [4.69, 9.17) is 0 Å². The Morgan fingerprint density at radius 2 is 2.10 bits per heavy atom. The molecule has 2 N–H and O–H groups in total. The number of benzene rings is 1. The van der Waals surface area contributed by atoms with Crippen molar-refractivity contribution >= 4 is 26.8 Å². The molecule has 0 radical (unpaired) electrons. The Balaban J connectivity index is 1.48. The number of nitrogens with zero attached hydrogens (tertiary/aromatic N) is 2. The molecule has 0 aliphatic carbocycles. The monoisotopic (exact) mass is 426 g/mol. The summed E-state index contributed by atoms with van der Waals surface area (Å²) in [6.45, 7) is 0.877. The Kier molecular flexibility index (Phi) is 5.65. The second-order valence-electron chi connectivity index (χ2n) is 7.35. The van der Waals surface area contributed by atoms with Gasteiger partial charge in [-0.25, -0.2) is 8.42 Å². The molecule has 9 heteroatoms. The molecule has 0 spiro atoms. The number of H-pyrrole nitrogens is 1. The lowest BCUT2D eigenvalue weighted by Gasteiger charge is -2.31. The van der Waals surface area contributed by atoms with Crippen LogP contribution < -0.4 is 10.9 Å². The zero-order valence-corrected chi connectivity index (χ0v) is 17.1. The zero-order chi connectivity index (χ0) is 21.1. The van der Waals surface area contributed by atoms with E-state index in [0.717, 1.165) is 5.56 Å². The SMILES string of the molecule is O=C(NCc1cccnc1)C1CCCN(S(=O)(=O)c2ccc3[nH]c(=O)ccc3c2)C1. The van der Waals surface area contributed by atoms with Gasteiger partial charge in [0.05, 0.1) is 10.8 Å². The fourth-order valence-electron chi connectivity index (χ4n) is 3.65. The van der Waals surface area contributed by atoms with Gasteiger partial charge in [-0.15, -0.1) is 0 Å². The normalized spacial score (nSPS) is 17.7. The molecule has 1 fully saturated rings. The quantitative estimate of drug-likeness (QED) is 0.644. The van der Waals surface area contributed by atoms with E-state index in [1.165, 1.54) is 16.4 Å². The van der Waals surface area contributed by atoms with Crippen LogP contribution in [-0.4, -0.2) is 41.7 Å².